The summed E-state index contributed by atoms with van der Waals surface area (Å²) in [7, 11) is 1.08. The van der Waals surface area contributed by atoms with Crippen LogP contribution in [0.25, 0.3) is 0 Å². The van der Waals surface area contributed by atoms with Crippen LogP contribution in [0.2, 0.25) is 0 Å². The maximum absolute atomic E-state index is 11.5. The fourth-order valence-electron chi connectivity index (χ4n) is 0.661. The highest BCUT2D eigenvalue weighted by Gasteiger charge is 1.99. The molecular weight excluding hydrogens is 365 g/mol. The van der Waals surface area contributed by atoms with Gasteiger partial charge in [0.25, 0.3) is 0 Å². The highest BCUT2D eigenvalue weighted by atomic mass is 33.1. The lowest BCUT2D eigenvalue weighted by Crippen LogP contribution is -2.26. The molecule has 1 amide bonds. The molecule has 0 aromatic rings. The quantitative estimate of drug-likeness (QED) is 0.359. The minimum Gasteiger partial charge on any atom is -0.381 e. The van der Waals surface area contributed by atoms with Crippen molar-refractivity contribution in [3.8, 4) is 0 Å². The number of hydrogen-bond acceptors (Lipinski definition) is 4. The molecule has 0 bridgehead atoms. The van der Waals surface area contributed by atoms with Gasteiger partial charge in [0, 0.05) is 61.9 Å². The van der Waals surface area contributed by atoms with Gasteiger partial charge in [0.05, 0.1) is 6.61 Å². The molecule has 0 radical (unpaired) electrons. The van der Waals surface area contributed by atoms with E-state index in [0.29, 0.717) is 31.9 Å². The van der Waals surface area contributed by atoms with Gasteiger partial charge < -0.3 is 10.1 Å². The van der Waals surface area contributed by atoms with E-state index in [9.17, 15) is 8.68 Å². The Kier molecular flexibility index (Phi) is 78.0. The van der Waals surface area contributed by atoms with Crippen molar-refractivity contribution in [2.45, 2.75) is 13.3 Å². The lowest BCUT2D eigenvalue weighted by molar-refractivity contribution is -0.122. The third-order valence-electron chi connectivity index (χ3n) is 1.23. The molecule has 0 aromatic carbocycles. The van der Waals surface area contributed by atoms with Crippen molar-refractivity contribution in [2.75, 3.05) is 25.5 Å². The minimum atomic E-state index is -0.0436. The Morgan fingerprint density at radius 2 is 1.52 bits per heavy atom. The number of ether oxygens (including phenoxy) is 1. The maximum Gasteiger partial charge on any atom is 0.222 e. The van der Waals surface area contributed by atoms with Crippen molar-refractivity contribution in [1.29, 1.82) is 0 Å². The molecule has 21 heavy (non-hydrogen) atoms. The largest absolute Gasteiger partial charge is 0.381 e. The first-order valence-corrected chi connectivity index (χ1v) is 6.85. The summed E-state index contributed by atoms with van der Waals surface area (Å²) >= 11 is 0.215. The molecule has 0 saturated carbocycles. The van der Waals surface area contributed by atoms with E-state index >= 15 is 0 Å². The molecule has 134 valence electrons. The van der Waals surface area contributed by atoms with E-state index in [1.807, 2.05) is 6.92 Å². The zero-order valence-corrected chi connectivity index (χ0v) is 12.2. The second-order valence-electron chi connectivity index (χ2n) is 2.18. The Labute approximate surface area is 123 Å². The molecule has 0 aromatic heterocycles. The fraction of sp³-hybridized carbons (Fsp3) is 0.857. The van der Waals surface area contributed by atoms with E-state index in [4.69, 9.17) is 41.3 Å². The Morgan fingerprint density at radius 3 is 1.90 bits per heavy atom. The summed E-state index contributed by atoms with van der Waals surface area (Å²) in [4.78, 5) is 11.0. The third kappa shape index (κ3) is 54.2. The molecule has 0 heterocycles. The van der Waals surface area contributed by atoms with Gasteiger partial charge in [-0.3, -0.25) is 4.79 Å². The summed E-state index contributed by atoms with van der Waals surface area (Å²) in [6, 6.07) is 0. The van der Waals surface area contributed by atoms with Crippen LogP contribution in [-0.4, -0.2) is 31.4 Å². The van der Waals surface area contributed by atoms with Crippen LogP contribution in [0.4, 0.5) is 40.5 Å². The zero-order chi connectivity index (χ0) is 17.9. The average Bonchev–Trinajstić information content (AvgIpc) is 2.59. The van der Waals surface area contributed by atoms with Gasteiger partial charge in [0.2, 0.25) is 5.91 Å². The second-order valence-corrected chi connectivity index (χ2v) is 4.04. The summed E-state index contributed by atoms with van der Waals surface area (Å²) in [6.45, 7) is 3.47. The van der Waals surface area contributed by atoms with E-state index < -0.39 is 0 Å². The number of nitrogens with one attached hydrogen (secondary N) is 1. The summed E-state index contributed by atoms with van der Waals surface area (Å²) in [5.74, 6) is 0.541. The molecule has 0 aliphatic heterocycles. The van der Waals surface area contributed by atoms with Gasteiger partial charge >= 0.3 is 0 Å². The summed E-state index contributed by atoms with van der Waals surface area (Å²) in [5.41, 5.74) is 0. The van der Waals surface area contributed by atoms with E-state index in [1.165, 1.54) is 0 Å². The molecule has 0 atom stereocenters. The summed E-state index contributed by atoms with van der Waals surface area (Å²) in [5, 5.41) is 2.66. The Bertz CT molecular complexity index is 153. The molecule has 0 spiro atoms. The van der Waals surface area contributed by atoms with Crippen molar-refractivity contribution < 1.29 is 50.0 Å². The molecule has 14 heteroatoms. The summed E-state index contributed by atoms with van der Waals surface area (Å²) < 4.78 is 80.5. The van der Waals surface area contributed by atoms with Gasteiger partial charge in [-0.2, -0.15) is 3.89 Å². The average molecular weight is 379 g/mol. The van der Waals surface area contributed by atoms with Gasteiger partial charge in [0.15, 0.2) is 0 Å². The van der Waals surface area contributed by atoms with Crippen molar-refractivity contribution in [1.82, 2.24) is 5.32 Å². The van der Waals surface area contributed by atoms with Crippen LogP contribution in [0.1, 0.15) is 13.3 Å². The van der Waals surface area contributed by atoms with Gasteiger partial charge in [-0.15, -0.1) is 0 Å². The first-order chi connectivity index (χ1) is 10.3. The van der Waals surface area contributed by atoms with Crippen molar-refractivity contribution in [2.24, 2.45) is 0 Å². The molecule has 0 saturated heterocycles. The topological polar surface area (TPSA) is 38.3 Å². The van der Waals surface area contributed by atoms with Gasteiger partial charge in [-0.05, 0) is 6.92 Å². The predicted octanol–water partition coefficient (Wildman–Crippen LogP) is 5.16. The Hall–Kier alpha value is -0.500. The number of hydrogen-bond donors (Lipinski definition) is 1. The van der Waals surface area contributed by atoms with E-state index in [-0.39, 0.29) is 17.1 Å². The number of amides is 1. The summed E-state index contributed by atoms with van der Waals surface area (Å²) in [6.07, 6.45) is 0.376. The van der Waals surface area contributed by atoms with Crippen LogP contribution >= 0.6 is 22.0 Å². The van der Waals surface area contributed by atoms with Gasteiger partial charge in [0.1, 0.15) is 11.2 Å². The normalized spacial score (nSPS) is 7.33. The Balaban J connectivity index is -0.0000000912. The van der Waals surface area contributed by atoms with Crippen molar-refractivity contribution >= 4 is 27.9 Å². The lowest BCUT2D eigenvalue weighted by Gasteiger charge is -2.03. The molecule has 3 nitrogen and oxygen atoms in total. The van der Waals surface area contributed by atoms with Gasteiger partial charge in [-0.25, -0.2) is 0 Å². The highest BCUT2D eigenvalue weighted by molar-refractivity contribution is 8.74. The van der Waals surface area contributed by atoms with E-state index in [0.717, 1.165) is 10.8 Å². The van der Waals surface area contributed by atoms with Crippen LogP contribution in [0, 0.1) is 0 Å². The number of halogens is 9. The number of carbonyl (C=O) groups is 1. The monoisotopic (exact) mass is 379 g/mol. The van der Waals surface area contributed by atoms with Gasteiger partial charge in [-0.1, -0.05) is 10.8 Å². The molecule has 0 aliphatic carbocycles. The SMILES string of the molecule is CCOCCC(=O)NCCSSF.FF.FF.FF.FF. The van der Waals surface area contributed by atoms with Crippen molar-refractivity contribution in [3.63, 3.8) is 0 Å². The first kappa shape index (κ1) is 32.4. The molecule has 0 fully saturated rings. The number of carbonyl (C=O) groups excluding carboxylic acids is 1. The fourth-order valence-corrected chi connectivity index (χ4v) is 1.35. The molecule has 1 N–H and O–H groups in total. The van der Waals surface area contributed by atoms with Crippen LogP contribution in [-0.2, 0) is 9.53 Å². The second kappa shape index (κ2) is 50.5. The predicted molar refractivity (Wildman–Crippen MR) is 64.1 cm³/mol. The minimum absolute atomic E-state index is 0.0436. The first-order valence-electron chi connectivity index (χ1n) is 4.63. The molecule has 0 rings (SSSR count). The van der Waals surface area contributed by atoms with Crippen LogP contribution in [0.15, 0.2) is 0 Å². The maximum atomic E-state index is 11.5. The smallest absolute Gasteiger partial charge is 0.222 e. The Morgan fingerprint density at radius 1 is 1.05 bits per heavy atom. The molecule has 0 aliphatic rings. The van der Waals surface area contributed by atoms with E-state index in [1.54, 1.807) is 0 Å². The zero-order valence-electron chi connectivity index (χ0n) is 10.6. The third-order valence-corrected chi connectivity index (χ3v) is 2.46. The van der Waals surface area contributed by atoms with Crippen LogP contribution in [0.5, 0.6) is 0 Å². The van der Waals surface area contributed by atoms with E-state index in [2.05, 4.69) is 5.32 Å². The number of rotatable bonds is 8. The van der Waals surface area contributed by atoms with Crippen molar-refractivity contribution in [3.05, 3.63) is 0 Å². The standard InChI is InChI=1S/C7H14FNO2S2.4F2/c1-2-11-5-3-7(10)9-4-6-12-13-8;4*1-2/h2-6H2,1H3,(H,9,10);;;;. The van der Waals surface area contributed by atoms with Crippen LogP contribution in [0.3, 0.4) is 0 Å². The van der Waals surface area contributed by atoms with Crippen LogP contribution < -0.4 is 5.32 Å². The highest BCUT2D eigenvalue weighted by Crippen LogP contribution is 2.20. The lowest BCUT2D eigenvalue weighted by atomic mass is 10.4. The molecule has 0 unspecified atom stereocenters. The molecular formula is C7H14F9NO2S2.